The zero-order valence-corrected chi connectivity index (χ0v) is 18.9. The van der Waals surface area contributed by atoms with Crippen molar-refractivity contribution in [2.45, 2.75) is 13.8 Å². The summed E-state index contributed by atoms with van der Waals surface area (Å²) in [6.45, 7) is 3.97. The summed E-state index contributed by atoms with van der Waals surface area (Å²) in [7, 11) is 0. The molecule has 33 heavy (non-hydrogen) atoms. The average Bonchev–Trinajstić information content (AvgIpc) is 3.56. The zero-order valence-electron chi connectivity index (χ0n) is 18.1. The van der Waals surface area contributed by atoms with E-state index in [1.807, 2.05) is 43.6 Å². The number of imidazole rings is 2. The summed E-state index contributed by atoms with van der Waals surface area (Å²) in [5.74, 6) is 1.84. The second-order valence-corrected chi connectivity index (χ2v) is 9.54. The molecule has 7 aromatic rings. The third kappa shape index (κ3) is 2.81. The fourth-order valence-corrected chi connectivity index (χ4v) is 5.81. The molecule has 6 heteroatoms. The van der Waals surface area contributed by atoms with Gasteiger partial charge in [0.25, 0.3) is 0 Å². The van der Waals surface area contributed by atoms with Gasteiger partial charge in [-0.1, -0.05) is 24.3 Å². The van der Waals surface area contributed by atoms with E-state index in [-0.39, 0.29) is 0 Å². The van der Waals surface area contributed by atoms with E-state index < -0.39 is 0 Å². The van der Waals surface area contributed by atoms with E-state index in [0.29, 0.717) is 0 Å². The third-order valence-corrected chi connectivity index (χ3v) is 7.39. The fourth-order valence-electron chi connectivity index (χ4n) is 4.71. The van der Waals surface area contributed by atoms with Gasteiger partial charge in [-0.05, 0) is 55.1 Å². The van der Waals surface area contributed by atoms with E-state index in [1.54, 1.807) is 0 Å². The second kappa shape index (κ2) is 6.73. The maximum absolute atomic E-state index is 4.74. The van der Waals surface area contributed by atoms with Gasteiger partial charge in [-0.15, -0.1) is 11.3 Å². The van der Waals surface area contributed by atoms with Crippen molar-refractivity contribution in [1.29, 1.82) is 0 Å². The molecule has 4 heterocycles. The molecule has 4 aromatic heterocycles. The molecular formula is C27H19N5S. The number of hydrogen-bond donors (Lipinski definition) is 2. The number of hydrogen-bond acceptors (Lipinski definition) is 4. The Balaban J connectivity index is 1.43. The number of pyridine rings is 1. The van der Waals surface area contributed by atoms with Crippen LogP contribution < -0.4 is 0 Å². The number of benzene rings is 3. The van der Waals surface area contributed by atoms with Crippen LogP contribution in [-0.4, -0.2) is 24.9 Å². The van der Waals surface area contributed by atoms with Crippen LogP contribution in [0.2, 0.25) is 0 Å². The number of fused-ring (bicyclic) bond motifs is 7. The summed E-state index contributed by atoms with van der Waals surface area (Å²) in [5.41, 5.74) is 6.45. The van der Waals surface area contributed by atoms with Crippen molar-refractivity contribution in [3.05, 3.63) is 78.6 Å². The average molecular weight is 446 g/mol. The lowest BCUT2D eigenvalue weighted by Gasteiger charge is -2.07. The van der Waals surface area contributed by atoms with E-state index in [9.17, 15) is 0 Å². The minimum Gasteiger partial charge on any atom is -0.342 e. The van der Waals surface area contributed by atoms with Crippen LogP contribution in [-0.2, 0) is 0 Å². The quantitative estimate of drug-likeness (QED) is 0.278. The predicted molar refractivity (Wildman–Crippen MR) is 137 cm³/mol. The van der Waals surface area contributed by atoms with Gasteiger partial charge in [0.2, 0.25) is 0 Å². The van der Waals surface area contributed by atoms with E-state index in [4.69, 9.17) is 9.97 Å². The van der Waals surface area contributed by atoms with Crippen LogP contribution in [0.15, 0.2) is 67.0 Å². The molecule has 0 unspecified atom stereocenters. The lowest BCUT2D eigenvalue weighted by molar-refractivity contribution is 1.15. The van der Waals surface area contributed by atoms with Crippen molar-refractivity contribution in [1.82, 2.24) is 24.9 Å². The SMILES string of the molecule is Cc1ncc(-c2ccc3cc(-c4ccc5c(c4)c4ncccc4c4nc(C)[nH]c54)sc3c2)[nH]1. The number of nitrogens with zero attached hydrogens (tertiary/aromatic N) is 3. The Morgan fingerprint density at radius 1 is 0.758 bits per heavy atom. The number of aromatic amines is 2. The van der Waals surface area contributed by atoms with Crippen molar-refractivity contribution in [2.24, 2.45) is 0 Å². The topological polar surface area (TPSA) is 70.2 Å². The van der Waals surface area contributed by atoms with Gasteiger partial charge in [-0.2, -0.15) is 0 Å². The number of aryl methyl sites for hydroxylation is 2. The summed E-state index contributed by atoms with van der Waals surface area (Å²) < 4.78 is 1.26. The first-order valence-corrected chi connectivity index (χ1v) is 11.7. The molecule has 0 aliphatic rings. The highest BCUT2D eigenvalue weighted by atomic mass is 32.1. The first-order chi connectivity index (χ1) is 16.1. The van der Waals surface area contributed by atoms with E-state index in [2.05, 4.69) is 63.5 Å². The maximum Gasteiger partial charge on any atom is 0.104 e. The number of nitrogens with one attached hydrogen (secondary N) is 2. The molecule has 0 radical (unpaired) electrons. The van der Waals surface area contributed by atoms with Gasteiger partial charge in [-0.3, -0.25) is 4.98 Å². The minimum absolute atomic E-state index is 0.916. The van der Waals surface area contributed by atoms with E-state index in [0.717, 1.165) is 55.6 Å². The molecule has 0 aliphatic heterocycles. The van der Waals surface area contributed by atoms with Gasteiger partial charge in [0.05, 0.1) is 28.4 Å². The smallest absolute Gasteiger partial charge is 0.104 e. The molecule has 0 saturated heterocycles. The van der Waals surface area contributed by atoms with Gasteiger partial charge in [0, 0.05) is 37.5 Å². The highest BCUT2D eigenvalue weighted by molar-refractivity contribution is 7.22. The predicted octanol–water partition coefficient (Wildman–Crippen LogP) is 7.15. The molecule has 3 aromatic carbocycles. The van der Waals surface area contributed by atoms with Crippen LogP contribution in [0.4, 0.5) is 0 Å². The summed E-state index contributed by atoms with van der Waals surface area (Å²) in [5, 5.41) is 4.62. The molecular weight excluding hydrogens is 426 g/mol. The van der Waals surface area contributed by atoms with Crippen LogP contribution in [0.1, 0.15) is 11.6 Å². The Hall–Kier alpha value is -4.03. The summed E-state index contributed by atoms with van der Waals surface area (Å²) in [6, 6.07) is 19.6. The Morgan fingerprint density at radius 3 is 2.55 bits per heavy atom. The molecule has 158 valence electrons. The van der Waals surface area contributed by atoms with Gasteiger partial charge in [-0.25, -0.2) is 9.97 Å². The highest BCUT2D eigenvalue weighted by Crippen LogP contribution is 2.39. The summed E-state index contributed by atoms with van der Waals surface area (Å²) in [6.07, 6.45) is 3.75. The first kappa shape index (κ1) is 18.5. The van der Waals surface area contributed by atoms with Crippen LogP contribution >= 0.6 is 11.3 Å². The highest BCUT2D eigenvalue weighted by Gasteiger charge is 2.14. The van der Waals surface area contributed by atoms with Gasteiger partial charge >= 0.3 is 0 Å². The van der Waals surface area contributed by atoms with Crippen molar-refractivity contribution in [3.63, 3.8) is 0 Å². The Morgan fingerprint density at radius 2 is 1.67 bits per heavy atom. The normalized spacial score (nSPS) is 11.9. The van der Waals surface area contributed by atoms with Crippen molar-refractivity contribution < 1.29 is 0 Å². The largest absolute Gasteiger partial charge is 0.342 e. The number of H-pyrrole nitrogens is 2. The third-order valence-electron chi connectivity index (χ3n) is 6.25. The Bertz CT molecular complexity index is 1850. The molecule has 0 atom stereocenters. The van der Waals surface area contributed by atoms with Crippen molar-refractivity contribution in [2.75, 3.05) is 0 Å². The molecule has 0 bridgehead atoms. The first-order valence-electron chi connectivity index (χ1n) is 10.9. The maximum atomic E-state index is 4.74. The van der Waals surface area contributed by atoms with E-state index in [1.165, 1.54) is 20.5 Å². The lowest BCUT2D eigenvalue weighted by atomic mass is 10.0. The number of rotatable bonds is 2. The van der Waals surface area contributed by atoms with Crippen molar-refractivity contribution in [3.8, 4) is 21.7 Å². The van der Waals surface area contributed by atoms with Gasteiger partial charge in [0.1, 0.15) is 11.6 Å². The summed E-state index contributed by atoms with van der Waals surface area (Å²) in [4.78, 5) is 21.8. The van der Waals surface area contributed by atoms with Crippen molar-refractivity contribution >= 4 is 54.1 Å². The number of thiophene rings is 1. The second-order valence-electron chi connectivity index (χ2n) is 8.45. The molecule has 2 N–H and O–H groups in total. The molecule has 0 amide bonds. The van der Waals surface area contributed by atoms with Gasteiger partial charge < -0.3 is 9.97 Å². The number of aromatic nitrogens is 5. The standard InChI is InChI=1S/C27H19N5S/c1-14-29-13-22(30-14)16-5-6-18-12-24(33-23(18)11-16)17-7-8-19-21(10-17)25-20(4-3-9-28-25)27-26(19)31-15(2)32-27/h3-13H,1-2H3,(H,29,30)(H,31,32). The fraction of sp³-hybridized carbons (Fsp3) is 0.0741. The molecule has 0 saturated carbocycles. The van der Waals surface area contributed by atoms with Gasteiger partial charge in [0.15, 0.2) is 0 Å². The lowest BCUT2D eigenvalue weighted by Crippen LogP contribution is -1.85. The summed E-state index contributed by atoms with van der Waals surface area (Å²) >= 11 is 1.81. The Kier molecular flexibility index (Phi) is 3.78. The zero-order chi connectivity index (χ0) is 22.1. The molecule has 0 fully saturated rings. The molecule has 5 nitrogen and oxygen atoms in total. The van der Waals surface area contributed by atoms with Crippen LogP contribution in [0.3, 0.4) is 0 Å². The molecule has 7 rings (SSSR count). The van der Waals surface area contributed by atoms with Crippen LogP contribution in [0.25, 0.3) is 64.5 Å². The minimum atomic E-state index is 0.916. The molecule has 0 aliphatic carbocycles. The van der Waals surface area contributed by atoms with E-state index >= 15 is 0 Å². The monoisotopic (exact) mass is 445 g/mol. The van der Waals surface area contributed by atoms with Crippen LogP contribution in [0, 0.1) is 13.8 Å². The van der Waals surface area contributed by atoms with Crippen LogP contribution in [0.5, 0.6) is 0 Å². The Labute approximate surface area is 193 Å². The molecule has 0 spiro atoms.